The highest BCUT2D eigenvalue weighted by Gasteiger charge is 2.19. The van der Waals surface area contributed by atoms with Crippen molar-refractivity contribution in [2.45, 2.75) is 0 Å². The fourth-order valence-electron chi connectivity index (χ4n) is 3.83. The summed E-state index contributed by atoms with van der Waals surface area (Å²) in [6, 6.07) is 8.72. The number of hydrogen-bond donors (Lipinski definition) is 1. The fraction of sp³-hybridized carbons (Fsp3) is 0.348. The van der Waals surface area contributed by atoms with Crippen molar-refractivity contribution in [3.8, 4) is 28.5 Å². The minimum atomic E-state index is -0.482. The highest BCUT2D eigenvalue weighted by Crippen LogP contribution is 2.33. The normalized spacial score (nSPS) is 14.8. The summed E-state index contributed by atoms with van der Waals surface area (Å²) in [7, 11) is 3.69. The number of aromatic amines is 1. The number of nitrogens with zero attached hydrogens (tertiary/aromatic N) is 5. The van der Waals surface area contributed by atoms with Gasteiger partial charge in [0.15, 0.2) is 17.3 Å². The van der Waals surface area contributed by atoms with Gasteiger partial charge in [-0.3, -0.25) is 5.10 Å². The lowest BCUT2D eigenvalue weighted by Gasteiger charge is -2.33. The molecule has 0 spiro atoms. The van der Waals surface area contributed by atoms with Crippen LogP contribution in [-0.4, -0.2) is 78.8 Å². The zero-order valence-corrected chi connectivity index (χ0v) is 18.5. The third-order valence-corrected chi connectivity index (χ3v) is 5.77. The van der Waals surface area contributed by atoms with Crippen LogP contribution in [0.3, 0.4) is 0 Å². The predicted molar refractivity (Wildman–Crippen MR) is 122 cm³/mol. The van der Waals surface area contributed by atoms with Crippen molar-refractivity contribution >= 4 is 16.7 Å². The summed E-state index contributed by atoms with van der Waals surface area (Å²) >= 11 is 0. The number of hydrogen-bond acceptors (Lipinski definition) is 8. The van der Waals surface area contributed by atoms with Crippen molar-refractivity contribution in [2.75, 3.05) is 58.5 Å². The minimum absolute atomic E-state index is 0.138. The van der Waals surface area contributed by atoms with Crippen LogP contribution in [0, 0.1) is 5.82 Å². The number of H-pyrrole nitrogens is 1. The van der Waals surface area contributed by atoms with E-state index in [0.717, 1.165) is 37.6 Å². The van der Waals surface area contributed by atoms with E-state index in [1.165, 1.54) is 6.07 Å². The zero-order chi connectivity index (χ0) is 22.8. The van der Waals surface area contributed by atoms with Gasteiger partial charge in [-0.15, -0.1) is 0 Å². The maximum atomic E-state index is 14.5. The maximum absolute atomic E-state index is 14.5. The van der Waals surface area contributed by atoms with Crippen LogP contribution in [0.25, 0.3) is 33.6 Å². The van der Waals surface area contributed by atoms with Gasteiger partial charge in [0.2, 0.25) is 0 Å². The topological polar surface area (TPSA) is 92.5 Å². The number of rotatable bonds is 7. The van der Waals surface area contributed by atoms with E-state index < -0.39 is 5.82 Å². The lowest BCUT2D eigenvalue weighted by Crippen LogP contribution is -2.44. The van der Waals surface area contributed by atoms with Gasteiger partial charge in [0, 0.05) is 62.6 Å². The fourth-order valence-corrected chi connectivity index (χ4v) is 3.83. The van der Waals surface area contributed by atoms with Crippen LogP contribution in [0.5, 0.6) is 5.75 Å². The van der Waals surface area contributed by atoms with Crippen LogP contribution in [0.1, 0.15) is 0 Å². The largest absolute Gasteiger partial charge is 0.488 e. The molecule has 3 aromatic heterocycles. The van der Waals surface area contributed by atoms with Crippen LogP contribution >= 0.6 is 0 Å². The number of anilines is 1. The van der Waals surface area contributed by atoms with Crippen LogP contribution in [-0.2, 0) is 4.74 Å². The number of methoxy groups -OCH3 is 1. The molecule has 9 nitrogen and oxygen atoms in total. The van der Waals surface area contributed by atoms with Crippen LogP contribution in [0.4, 0.5) is 10.2 Å². The van der Waals surface area contributed by atoms with E-state index in [9.17, 15) is 4.39 Å². The van der Waals surface area contributed by atoms with Crippen LogP contribution in [0.15, 0.2) is 41.1 Å². The predicted octanol–water partition coefficient (Wildman–Crippen LogP) is 3.20. The van der Waals surface area contributed by atoms with Gasteiger partial charge in [0.1, 0.15) is 23.8 Å². The van der Waals surface area contributed by atoms with Gasteiger partial charge in [-0.2, -0.15) is 5.10 Å². The number of aromatic nitrogens is 4. The molecule has 33 heavy (non-hydrogen) atoms. The van der Waals surface area contributed by atoms with Gasteiger partial charge in [-0.1, -0.05) is 5.16 Å². The molecule has 0 saturated carbocycles. The second-order valence-electron chi connectivity index (χ2n) is 8.01. The van der Waals surface area contributed by atoms with Gasteiger partial charge in [0.25, 0.3) is 0 Å². The van der Waals surface area contributed by atoms with Crippen LogP contribution < -0.4 is 9.64 Å². The van der Waals surface area contributed by atoms with Crippen molar-refractivity contribution in [3.05, 3.63) is 42.3 Å². The lowest BCUT2D eigenvalue weighted by molar-refractivity contribution is 0.144. The SMILES string of the molecule is COCCOc1cc2[nH]nc(-c3cc(-c4ccc(N5CCN(C)CC5)nc4)no3)c2cc1F. The first kappa shape index (κ1) is 21.4. The molecule has 4 aromatic rings. The number of nitrogens with one attached hydrogen (secondary N) is 1. The maximum Gasteiger partial charge on any atom is 0.188 e. The Bertz CT molecular complexity index is 1230. The van der Waals surface area contributed by atoms with E-state index in [-0.39, 0.29) is 12.4 Å². The van der Waals surface area contributed by atoms with Crippen molar-refractivity contribution in [1.82, 2.24) is 25.2 Å². The monoisotopic (exact) mass is 452 g/mol. The molecule has 0 aliphatic carbocycles. The van der Waals surface area contributed by atoms with Crippen molar-refractivity contribution in [3.63, 3.8) is 0 Å². The molecule has 1 fully saturated rings. The van der Waals surface area contributed by atoms with Gasteiger partial charge in [-0.05, 0) is 25.2 Å². The molecule has 0 unspecified atom stereocenters. The Balaban J connectivity index is 1.35. The Labute approximate surface area is 190 Å². The Hall–Kier alpha value is -3.50. The molecule has 1 saturated heterocycles. The van der Waals surface area contributed by atoms with Gasteiger partial charge >= 0.3 is 0 Å². The number of fused-ring (bicyclic) bond motifs is 1. The summed E-state index contributed by atoms with van der Waals surface area (Å²) in [5, 5.41) is 12.0. The Morgan fingerprint density at radius 2 is 1.97 bits per heavy atom. The number of benzene rings is 1. The molecule has 1 aliphatic rings. The van der Waals surface area contributed by atoms with E-state index in [1.807, 2.05) is 12.1 Å². The molecule has 0 amide bonds. The highest BCUT2D eigenvalue weighted by molar-refractivity contribution is 5.92. The molecule has 172 valence electrons. The molecule has 0 atom stereocenters. The lowest BCUT2D eigenvalue weighted by atomic mass is 10.1. The van der Waals surface area contributed by atoms with E-state index in [0.29, 0.717) is 34.7 Å². The van der Waals surface area contributed by atoms with Gasteiger partial charge in [-0.25, -0.2) is 9.37 Å². The Morgan fingerprint density at radius 3 is 2.73 bits per heavy atom. The summed E-state index contributed by atoms with van der Waals surface area (Å²) in [6.07, 6.45) is 1.79. The Morgan fingerprint density at radius 1 is 1.12 bits per heavy atom. The molecule has 0 bridgehead atoms. The second-order valence-corrected chi connectivity index (χ2v) is 8.01. The number of pyridine rings is 1. The standard InChI is InChI=1S/C23H25FN6O3/c1-29-5-7-30(8-6-29)22-4-3-15(14-25-22)18-12-21(33-28-18)23-16-11-17(24)20(32-10-9-31-2)13-19(16)26-27-23/h3-4,11-14H,5-10H2,1-2H3,(H,26,27). The minimum Gasteiger partial charge on any atom is -0.488 e. The third-order valence-electron chi connectivity index (χ3n) is 5.77. The average molecular weight is 452 g/mol. The van der Waals surface area contributed by atoms with E-state index in [4.69, 9.17) is 14.0 Å². The molecule has 1 N–H and O–H groups in total. The molecule has 1 aromatic carbocycles. The Kier molecular flexibility index (Phi) is 5.93. The average Bonchev–Trinajstić information content (AvgIpc) is 3.47. The van der Waals surface area contributed by atoms with Crippen molar-refractivity contribution < 1.29 is 18.4 Å². The molecule has 0 radical (unpaired) electrons. The first-order chi connectivity index (χ1) is 16.1. The molecular weight excluding hydrogens is 427 g/mol. The van der Waals surface area contributed by atoms with E-state index in [1.54, 1.807) is 25.4 Å². The van der Waals surface area contributed by atoms with Crippen LogP contribution in [0.2, 0.25) is 0 Å². The van der Waals surface area contributed by atoms with Crippen molar-refractivity contribution in [1.29, 1.82) is 0 Å². The summed E-state index contributed by atoms with van der Waals surface area (Å²) in [4.78, 5) is 9.19. The number of likely N-dealkylation sites (N-methyl/N-ethyl adjacent to an activating group) is 1. The summed E-state index contributed by atoms with van der Waals surface area (Å²) in [5.74, 6) is 1.05. The second kappa shape index (κ2) is 9.16. The summed E-state index contributed by atoms with van der Waals surface area (Å²) < 4.78 is 30.4. The first-order valence-corrected chi connectivity index (χ1v) is 10.8. The molecular formula is C23H25FN6O3. The number of halogens is 1. The van der Waals surface area contributed by atoms with E-state index in [2.05, 4.69) is 37.2 Å². The van der Waals surface area contributed by atoms with E-state index >= 15 is 0 Å². The van der Waals surface area contributed by atoms with Gasteiger partial charge in [0.05, 0.1) is 12.1 Å². The first-order valence-electron chi connectivity index (χ1n) is 10.8. The summed E-state index contributed by atoms with van der Waals surface area (Å²) in [6.45, 7) is 4.59. The molecule has 4 heterocycles. The number of piperazine rings is 1. The molecule has 5 rings (SSSR count). The smallest absolute Gasteiger partial charge is 0.188 e. The summed E-state index contributed by atoms with van der Waals surface area (Å²) in [5.41, 5.74) is 2.59. The quantitative estimate of drug-likeness (QED) is 0.428. The molecule has 10 heteroatoms. The van der Waals surface area contributed by atoms with Crippen molar-refractivity contribution in [2.24, 2.45) is 0 Å². The highest BCUT2D eigenvalue weighted by atomic mass is 19.1. The number of ether oxygens (including phenoxy) is 2. The third kappa shape index (κ3) is 4.39. The zero-order valence-electron chi connectivity index (χ0n) is 18.5. The molecule has 1 aliphatic heterocycles. The van der Waals surface area contributed by atoms with Gasteiger partial charge < -0.3 is 23.8 Å².